The van der Waals surface area contributed by atoms with Crippen LogP contribution >= 0.6 is 0 Å². The normalized spacial score (nSPS) is 19.1. The fraction of sp³-hybridized carbons (Fsp3) is 0.400. The van der Waals surface area contributed by atoms with Gasteiger partial charge < -0.3 is 29.5 Å². The summed E-state index contributed by atoms with van der Waals surface area (Å²) in [4.78, 5) is 35.5. The summed E-state index contributed by atoms with van der Waals surface area (Å²) in [5.74, 6) is 0.129. The third kappa shape index (κ3) is 6.16. The van der Waals surface area contributed by atoms with Crippen molar-refractivity contribution in [3.63, 3.8) is 0 Å². The second kappa shape index (κ2) is 13.5. The van der Waals surface area contributed by atoms with Crippen LogP contribution in [0.2, 0.25) is 0 Å². The Kier molecular flexibility index (Phi) is 8.74. The fourth-order valence-corrected chi connectivity index (χ4v) is 8.21. The van der Waals surface area contributed by atoms with Crippen molar-refractivity contribution < 1.29 is 19.4 Å². The monoisotopic (exact) mass is 659 g/mol. The van der Waals surface area contributed by atoms with Gasteiger partial charge >= 0.3 is 0 Å². The van der Waals surface area contributed by atoms with E-state index < -0.39 is 0 Å². The smallest absolute Gasteiger partial charge is 0.259 e. The number of anilines is 1. The number of rotatable bonds is 6. The van der Waals surface area contributed by atoms with Crippen molar-refractivity contribution in [2.75, 3.05) is 51.3 Å². The molecule has 0 spiro atoms. The molecule has 1 saturated heterocycles. The summed E-state index contributed by atoms with van der Waals surface area (Å²) in [6.07, 6.45) is 4.58. The Morgan fingerprint density at radius 1 is 0.898 bits per heavy atom. The Balaban J connectivity index is 1.22. The highest BCUT2D eigenvalue weighted by atomic mass is 16.5. The van der Waals surface area contributed by atoms with Gasteiger partial charge in [0.15, 0.2) is 0 Å². The lowest BCUT2D eigenvalue weighted by atomic mass is 9.89. The number of nitrogens with zero attached hydrogens (tertiary/aromatic N) is 4. The van der Waals surface area contributed by atoms with E-state index in [4.69, 9.17) is 4.74 Å². The molecule has 5 heterocycles. The van der Waals surface area contributed by atoms with Crippen molar-refractivity contribution in [1.29, 1.82) is 0 Å². The number of amides is 2. The molecule has 3 aromatic carbocycles. The standard InChI is InChI=1S/C40H45N5O4/c1-42(31-9-11-33(46)12-10-31)39(47)36-23-38(44-15-5-4-8-37(36)44)34-21-28-13-14-41-24-30(28)22-35(34)40(48)45-25-29-7-3-2-6-27(29)20-32(45)26-43-16-18-49-19-17-43/h2-3,6-7,9-12,21-23,32,41,46H,4-5,8,13-20,24-26H2,1H3/t32-/m0/s1. The number of fused-ring (bicyclic) bond motifs is 3. The Morgan fingerprint density at radius 3 is 2.51 bits per heavy atom. The lowest BCUT2D eigenvalue weighted by Crippen LogP contribution is -2.52. The third-order valence-corrected chi connectivity index (χ3v) is 10.9. The molecule has 0 radical (unpaired) electrons. The molecular formula is C40H45N5O4. The van der Waals surface area contributed by atoms with E-state index in [0.717, 1.165) is 102 Å². The number of hydrogen-bond donors (Lipinski definition) is 2. The second-order valence-corrected chi connectivity index (χ2v) is 13.9. The van der Waals surface area contributed by atoms with Crippen LogP contribution in [0.25, 0.3) is 11.3 Å². The van der Waals surface area contributed by atoms with Gasteiger partial charge in [0.2, 0.25) is 0 Å². The Labute approximate surface area is 288 Å². The molecule has 4 aliphatic heterocycles. The number of morpholine rings is 1. The van der Waals surface area contributed by atoms with E-state index in [-0.39, 0.29) is 23.6 Å². The Bertz CT molecular complexity index is 1880. The van der Waals surface area contributed by atoms with Gasteiger partial charge in [0.1, 0.15) is 5.75 Å². The molecule has 254 valence electrons. The average Bonchev–Trinajstić information content (AvgIpc) is 3.53. The maximum absolute atomic E-state index is 15.1. The molecule has 1 fully saturated rings. The molecular weight excluding hydrogens is 614 g/mol. The average molecular weight is 660 g/mol. The van der Waals surface area contributed by atoms with Crippen molar-refractivity contribution in [3.8, 4) is 17.0 Å². The van der Waals surface area contributed by atoms with Crippen LogP contribution in [-0.4, -0.2) is 83.8 Å². The predicted molar refractivity (Wildman–Crippen MR) is 190 cm³/mol. The Hall–Kier alpha value is -4.44. The topological polar surface area (TPSA) is 90.3 Å². The quantitative estimate of drug-likeness (QED) is 0.302. The van der Waals surface area contributed by atoms with E-state index >= 15 is 4.79 Å². The molecule has 0 saturated carbocycles. The molecule has 9 heteroatoms. The van der Waals surface area contributed by atoms with Crippen LogP contribution in [0.1, 0.15) is 61.5 Å². The van der Waals surface area contributed by atoms with Crippen molar-refractivity contribution in [2.45, 2.75) is 57.8 Å². The molecule has 0 bridgehead atoms. The first-order valence-corrected chi connectivity index (χ1v) is 17.8. The zero-order chi connectivity index (χ0) is 33.5. The number of benzene rings is 3. The highest BCUT2D eigenvalue weighted by Crippen LogP contribution is 2.37. The molecule has 8 rings (SSSR count). The first kappa shape index (κ1) is 31.8. The van der Waals surface area contributed by atoms with Crippen LogP contribution in [0, 0.1) is 0 Å². The SMILES string of the molecule is CN(C(=O)c1cc(-c2cc3c(cc2C(=O)N2Cc4ccccc4C[C@H]2CN2CCOCC2)CNCC3)n2c1CCCC2)c1ccc(O)cc1. The number of aromatic hydroxyl groups is 1. The van der Waals surface area contributed by atoms with E-state index in [2.05, 4.69) is 56.1 Å². The Morgan fingerprint density at radius 2 is 1.69 bits per heavy atom. The number of phenolic OH excluding ortho intramolecular Hbond substituents is 1. The molecule has 1 atom stereocenters. The van der Waals surface area contributed by atoms with Crippen LogP contribution in [0.3, 0.4) is 0 Å². The number of nitrogens with one attached hydrogen (secondary N) is 1. The molecule has 2 amide bonds. The summed E-state index contributed by atoms with van der Waals surface area (Å²) >= 11 is 0. The highest BCUT2D eigenvalue weighted by Gasteiger charge is 2.35. The van der Waals surface area contributed by atoms with Gasteiger partial charge in [0, 0.05) is 80.6 Å². The number of phenols is 1. The van der Waals surface area contributed by atoms with E-state index in [1.165, 1.54) is 22.3 Å². The molecule has 4 aliphatic rings. The minimum Gasteiger partial charge on any atom is -0.508 e. The minimum atomic E-state index is -0.0872. The summed E-state index contributed by atoms with van der Waals surface area (Å²) in [5.41, 5.74) is 9.98. The number of hydrogen-bond acceptors (Lipinski definition) is 6. The van der Waals surface area contributed by atoms with Crippen LogP contribution in [0.4, 0.5) is 5.69 Å². The van der Waals surface area contributed by atoms with Crippen LogP contribution in [0.5, 0.6) is 5.75 Å². The first-order chi connectivity index (χ1) is 23.9. The second-order valence-electron chi connectivity index (χ2n) is 13.9. The maximum Gasteiger partial charge on any atom is 0.259 e. The van der Waals surface area contributed by atoms with E-state index in [0.29, 0.717) is 23.4 Å². The van der Waals surface area contributed by atoms with Crippen molar-refractivity contribution in [1.82, 2.24) is 19.7 Å². The van der Waals surface area contributed by atoms with Gasteiger partial charge in [-0.25, -0.2) is 0 Å². The van der Waals surface area contributed by atoms with Crippen LogP contribution in [-0.2, 0) is 43.6 Å². The molecule has 4 aromatic rings. The van der Waals surface area contributed by atoms with Gasteiger partial charge in [-0.05, 0) is 103 Å². The van der Waals surface area contributed by atoms with Gasteiger partial charge in [0.25, 0.3) is 11.8 Å². The third-order valence-electron chi connectivity index (χ3n) is 10.9. The summed E-state index contributed by atoms with van der Waals surface area (Å²) in [5, 5.41) is 13.3. The summed E-state index contributed by atoms with van der Waals surface area (Å²) in [6, 6.07) is 21.7. The molecule has 1 aromatic heterocycles. The van der Waals surface area contributed by atoms with E-state index in [1.807, 2.05) is 6.07 Å². The molecule has 9 nitrogen and oxygen atoms in total. The highest BCUT2D eigenvalue weighted by molar-refractivity contribution is 6.08. The van der Waals surface area contributed by atoms with Gasteiger partial charge in [0.05, 0.1) is 18.8 Å². The first-order valence-electron chi connectivity index (χ1n) is 17.8. The number of aromatic nitrogens is 1. The van der Waals surface area contributed by atoms with E-state index in [1.54, 1.807) is 36.2 Å². The van der Waals surface area contributed by atoms with Gasteiger partial charge in [-0.2, -0.15) is 0 Å². The zero-order valence-electron chi connectivity index (χ0n) is 28.3. The van der Waals surface area contributed by atoms with Crippen LogP contribution in [0.15, 0.2) is 66.7 Å². The molecule has 0 unspecified atom stereocenters. The predicted octanol–water partition coefficient (Wildman–Crippen LogP) is 5.02. The van der Waals surface area contributed by atoms with Crippen molar-refractivity contribution in [3.05, 3.63) is 106 Å². The maximum atomic E-state index is 15.1. The lowest BCUT2D eigenvalue weighted by molar-refractivity contribution is 0.0193. The summed E-state index contributed by atoms with van der Waals surface area (Å²) in [6.45, 7) is 7.04. The zero-order valence-corrected chi connectivity index (χ0v) is 28.3. The lowest BCUT2D eigenvalue weighted by Gasteiger charge is -2.41. The largest absolute Gasteiger partial charge is 0.508 e. The van der Waals surface area contributed by atoms with Crippen LogP contribution < -0.4 is 10.2 Å². The molecule has 2 N–H and O–H groups in total. The van der Waals surface area contributed by atoms with Gasteiger partial charge in [-0.3, -0.25) is 14.5 Å². The van der Waals surface area contributed by atoms with Crippen molar-refractivity contribution >= 4 is 17.5 Å². The fourth-order valence-electron chi connectivity index (χ4n) is 8.21. The summed E-state index contributed by atoms with van der Waals surface area (Å²) < 4.78 is 7.95. The minimum absolute atomic E-state index is 0.0415. The van der Waals surface area contributed by atoms with Gasteiger partial charge in [-0.1, -0.05) is 24.3 Å². The summed E-state index contributed by atoms with van der Waals surface area (Å²) in [7, 11) is 1.78. The molecule has 49 heavy (non-hydrogen) atoms. The number of carbonyl (C=O) groups is 2. The number of ether oxygens (including phenoxy) is 1. The van der Waals surface area contributed by atoms with Crippen molar-refractivity contribution in [2.24, 2.45) is 0 Å². The van der Waals surface area contributed by atoms with E-state index in [9.17, 15) is 9.90 Å². The van der Waals surface area contributed by atoms with Gasteiger partial charge in [-0.15, -0.1) is 0 Å². The molecule has 0 aliphatic carbocycles. The number of carbonyl (C=O) groups excluding carboxylic acids is 2.